The number of aromatic nitrogens is 1. The van der Waals surface area contributed by atoms with Crippen LogP contribution in [0.1, 0.15) is 11.3 Å². The first-order valence-electron chi connectivity index (χ1n) is 9.62. The van der Waals surface area contributed by atoms with Crippen molar-refractivity contribution in [2.24, 2.45) is 0 Å². The molecule has 32 heavy (non-hydrogen) atoms. The highest BCUT2D eigenvalue weighted by atomic mass is 35.5. The van der Waals surface area contributed by atoms with E-state index in [9.17, 15) is 18.5 Å². The molecule has 0 saturated carbocycles. The molecule has 0 aliphatic carbocycles. The number of nitro groups is 1. The van der Waals surface area contributed by atoms with Crippen LogP contribution < -0.4 is 4.90 Å². The van der Waals surface area contributed by atoms with E-state index in [0.717, 1.165) is 22.5 Å². The van der Waals surface area contributed by atoms with Crippen LogP contribution in [0.15, 0.2) is 52.7 Å². The van der Waals surface area contributed by atoms with Gasteiger partial charge in [-0.1, -0.05) is 35.3 Å². The first-order chi connectivity index (χ1) is 15.2. The number of halogens is 2. The summed E-state index contributed by atoms with van der Waals surface area (Å²) in [5.41, 5.74) is 1.62. The molecule has 168 valence electrons. The summed E-state index contributed by atoms with van der Waals surface area (Å²) in [5, 5.41) is 14.5. The predicted octanol–water partition coefficient (Wildman–Crippen LogP) is 4.46. The van der Waals surface area contributed by atoms with Crippen molar-refractivity contribution in [1.82, 2.24) is 9.29 Å². The normalized spacial score (nSPS) is 15.1. The maximum atomic E-state index is 13.0. The molecule has 3 aromatic rings. The summed E-state index contributed by atoms with van der Waals surface area (Å²) in [6.45, 7) is 1.46. The number of anilines is 1. The molecular weight excluding hydrogens is 495 g/mol. The minimum Gasteiger partial charge on any atom is -0.345 e. The second-order valence-corrected chi connectivity index (χ2v) is 10.8. The number of nitro benzene ring substituents is 1. The summed E-state index contributed by atoms with van der Waals surface area (Å²) >= 11 is 13.3. The van der Waals surface area contributed by atoms with Crippen LogP contribution in [-0.2, 0) is 16.4 Å². The number of rotatable bonds is 6. The zero-order valence-corrected chi connectivity index (χ0v) is 19.8. The monoisotopic (exact) mass is 512 g/mol. The number of sulfonamides is 1. The molecule has 2 aromatic carbocycles. The second-order valence-electron chi connectivity index (χ2n) is 7.19. The van der Waals surface area contributed by atoms with Crippen molar-refractivity contribution in [2.75, 3.05) is 31.1 Å². The van der Waals surface area contributed by atoms with Gasteiger partial charge in [-0.2, -0.15) is 4.31 Å². The summed E-state index contributed by atoms with van der Waals surface area (Å²) in [6.07, 6.45) is 0.692. The number of hydrogen-bond acceptors (Lipinski definition) is 7. The van der Waals surface area contributed by atoms with Crippen LogP contribution in [-0.4, -0.2) is 48.8 Å². The van der Waals surface area contributed by atoms with Crippen molar-refractivity contribution in [1.29, 1.82) is 0 Å². The molecule has 12 heteroatoms. The third kappa shape index (κ3) is 4.89. The van der Waals surface area contributed by atoms with Crippen LogP contribution in [0.2, 0.25) is 10.0 Å². The van der Waals surface area contributed by atoms with Crippen molar-refractivity contribution >= 4 is 55.4 Å². The number of benzene rings is 2. The first kappa shape index (κ1) is 22.9. The third-order valence-electron chi connectivity index (χ3n) is 5.10. The molecule has 1 aliphatic rings. The smallest absolute Gasteiger partial charge is 0.289 e. The summed E-state index contributed by atoms with van der Waals surface area (Å²) in [4.78, 5) is 17.0. The average molecular weight is 513 g/mol. The zero-order valence-electron chi connectivity index (χ0n) is 16.6. The predicted molar refractivity (Wildman–Crippen MR) is 125 cm³/mol. The molecule has 1 saturated heterocycles. The Morgan fingerprint density at radius 1 is 1.06 bits per heavy atom. The maximum absolute atomic E-state index is 13.0. The van der Waals surface area contributed by atoms with E-state index >= 15 is 0 Å². The van der Waals surface area contributed by atoms with Gasteiger partial charge in [-0.25, -0.2) is 13.4 Å². The number of piperazine rings is 1. The highest BCUT2D eigenvalue weighted by Crippen LogP contribution is 2.30. The van der Waals surface area contributed by atoms with Gasteiger partial charge in [-0.3, -0.25) is 10.1 Å². The molecular formula is C20H18Cl2N4O4S2. The number of nitrogens with zero attached hydrogens (tertiary/aromatic N) is 4. The molecule has 0 spiro atoms. The minimum atomic E-state index is -3.86. The van der Waals surface area contributed by atoms with E-state index < -0.39 is 20.6 Å². The van der Waals surface area contributed by atoms with E-state index in [1.54, 1.807) is 0 Å². The van der Waals surface area contributed by atoms with Crippen LogP contribution in [0.5, 0.6) is 0 Å². The molecule has 1 aromatic heterocycles. The SMILES string of the molecule is O=[N+]([O-])c1cc(S(=O)(=O)N2CCN(c3nc(Cc4ccc(Cl)cc4)cs3)CC2)ccc1Cl. The standard InChI is InChI=1S/C20H18Cl2N4O4S2/c21-15-3-1-14(2-4-15)11-16-13-31-20(23-16)24-7-9-25(10-8-24)32(29,30)17-5-6-18(22)19(12-17)26(27)28/h1-6,12-13H,7-11H2. The van der Waals surface area contributed by atoms with Gasteiger partial charge in [0.05, 0.1) is 15.5 Å². The van der Waals surface area contributed by atoms with E-state index in [4.69, 9.17) is 28.2 Å². The summed E-state index contributed by atoms with van der Waals surface area (Å²) in [7, 11) is -3.86. The quantitative estimate of drug-likeness (QED) is 0.357. The molecule has 0 bridgehead atoms. The van der Waals surface area contributed by atoms with Crippen molar-refractivity contribution in [3.63, 3.8) is 0 Å². The summed E-state index contributed by atoms with van der Waals surface area (Å²) in [5.74, 6) is 0. The lowest BCUT2D eigenvalue weighted by molar-refractivity contribution is -0.384. The first-order valence-corrected chi connectivity index (χ1v) is 12.7. The fourth-order valence-corrected chi connectivity index (χ4v) is 6.03. The Labute approximate surface area is 199 Å². The highest BCUT2D eigenvalue weighted by Gasteiger charge is 2.31. The van der Waals surface area contributed by atoms with E-state index in [2.05, 4.69) is 0 Å². The minimum absolute atomic E-state index is 0.100. The fraction of sp³-hybridized carbons (Fsp3) is 0.250. The van der Waals surface area contributed by atoms with Crippen LogP contribution in [0.25, 0.3) is 0 Å². The molecule has 0 radical (unpaired) electrons. The van der Waals surface area contributed by atoms with E-state index in [-0.39, 0.29) is 23.0 Å². The lowest BCUT2D eigenvalue weighted by atomic mass is 10.1. The van der Waals surface area contributed by atoms with Crippen molar-refractivity contribution in [2.45, 2.75) is 11.3 Å². The Balaban J connectivity index is 1.42. The topological polar surface area (TPSA) is 96.6 Å². The van der Waals surface area contributed by atoms with Gasteiger partial charge in [-0.05, 0) is 29.8 Å². The number of thiazole rings is 1. The van der Waals surface area contributed by atoms with E-state index in [1.807, 2.05) is 34.5 Å². The summed E-state index contributed by atoms with van der Waals surface area (Å²) in [6, 6.07) is 11.2. The van der Waals surface area contributed by atoms with Gasteiger partial charge in [-0.15, -0.1) is 11.3 Å². The average Bonchev–Trinajstić information content (AvgIpc) is 3.24. The van der Waals surface area contributed by atoms with Gasteiger partial charge in [0, 0.05) is 49.1 Å². The van der Waals surface area contributed by atoms with Gasteiger partial charge in [0.15, 0.2) is 5.13 Å². The van der Waals surface area contributed by atoms with Gasteiger partial charge in [0.25, 0.3) is 5.69 Å². The third-order valence-corrected chi connectivity index (χ3v) is 8.52. The second kappa shape index (κ2) is 9.32. The Bertz CT molecular complexity index is 1240. The number of hydrogen-bond donors (Lipinski definition) is 0. The molecule has 8 nitrogen and oxygen atoms in total. The van der Waals surface area contributed by atoms with Crippen molar-refractivity contribution < 1.29 is 13.3 Å². The van der Waals surface area contributed by atoms with Crippen molar-refractivity contribution in [3.05, 3.63) is 79.3 Å². The van der Waals surface area contributed by atoms with Crippen LogP contribution >= 0.6 is 34.5 Å². The molecule has 2 heterocycles. The van der Waals surface area contributed by atoms with Crippen molar-refractivity contribution in [3.8, 4) is 0 Å². The van der Waals surface area contributed by atoms with E-state index in [0.29, 0.717) is 24.5 Å². The van der Waals surface area contributed by atoms with Crippen LogP contribution in [0, 0.1) is 10.1 Å². The highest BCUT2D eigenvalue weighted by molar-refractivity contribution is 7.89. The van der Waals surface area contributed by atoms with Gasteiger partial charge < -0.3 is 4.90 Å². The molecule has 1 fully saturated rings. The molecule has 1 aliphatic heterocycles. The molecule has 0 N–H and O–H groups in total. The fourth-order valence-electron chi connectivity index (χ4n) is 3.40. The largest absolute Gasteiger partial charge is 0.345 e. The Hall–Kier alpha value is -2.24. The molecule has 0 amide bonds. The summed E-state index contributed by atoms with van der Waals surface area (Å²) < 4.78 is 27.3. The van der Waals surface area contributed by atoms with Crippen LogP contribution in [0.4, 0.5) is 10.8 Å². The van der Waals surface area contributed by atoms with Crippen LogP contribution in [0.3, 0.4) is 0 Å². The van der Waals surface area contributed by atoms with Gasteiger partial charge in [0.2, 0.25) is 10.0 Å². The maximum Gasteiger partial charge on any atom is 0.289 e. The molecule has 0 unspecified atom stereocenters. The zero-order chi connectivity index (χ0) is 22.9. The van der Waals surface area contributed by atoms with Gasteiger partial charge >= 0.3 is 0 Å². The lowest BCUT2D eigenvalue weighted by Crippen LogP contribution is -2.48. The Morgan fingerprint density at radius 2 is 1.75 bits per heavy atom. The Kier molecular flexibility index (Phi) is 6.68. The lowest BCUT2D eigenvalue weighted by Gasteiger charge is -2.33. The van der Waals surface area contributed by atoms with Gasteiger partial charge in [0.1, 0.15) is 5.02 Å². The van der Waals surface area contributed by atoms with E-state index in [1.165, 1.54) is 27.8 Å². The Morgan fingerprint density at radius 3 is 2.41 bits per heavy atom. The molecule has 0 atom stereocenters. The molecule has 4 rings (SSSR count).